The molecular weight excluding hydrogens is 264 g/mol. The van der Waals surface area contributed by atoms with Crippen molar-refractivity contribution in [3.63, 3.8) is 0 Å². The van der Waals surface area contributed by atoms with Crippen LogP contribution in [0.15, 0.2) is 18.2 Å². The number of aliphatic hydroxyl groups is 1. The highest BCUT2D eigenvalue weighted by Gasteiger charge is 2.39. The summed E-state index contributed by atoms with van der Waals surface area (Å²) in [6, 6.07) is 5.37. The second kappa shape index (κ2) is 5.70. The molecule has 1 N–H and O–H groups in total. The lowest BCUT2D eigenvalue weighted by Gasteiger charge is -2.39. The predicted octanol–water partition coefficient (Wildman–Crippen LogP) is 3.37. The lowest BCUT2D eigenvalue weighted by Crippen LogP contribution is -2.41. The number of hydrogen-bond donors (Lipinski definition) is 1. The summed E-state index contributed by atoms with van der Waals surface area (Å²) in [7, 11) is 1.61. The van der Waals surface area contributed by atoms with E-state index in [9.17, 15) is 5.11 Å². The standard InChI is InChI=1S/C15H21ClO3/c1-10(2)14-9-15(17,6-7-19-14)12-8-11(16)4-5-13(12)18-3/h4-5,8,10,14,17H,6-7,9H2,1-3H3. The summed E-state index contributed by atoms with van der Waals surface area (Å²) in [5.41, 5.74) is -0.167. The van der Waals surface area contributed by atoms with Gasteiger partial charge in [-0.3, -0.25) is 0 Å². The molecule has 0 saturated carbocycles. The summed E-state index contributed by atoms with van der Waals surface area (Å²) in [4.78, 5) is 0. The number of halogens is 1. The molecule has 2 rings (SSSR count). The van der Waals surface area contributed by atoms with E-state index >= 15 is 0 Å². The van der Waals surface area contributed by atoms with Gasteiger partial charge in [0.05, 0.1) is 25.4 Å². The molecule has 1 fully saturated rings. The van der Waals surface area contributed by atoms with E-state index in [4.69, 9.17) is 21.1 Å². The molecule has 1 saturated heterocycles. The molecule has 0 amide bonds. The Hall–Kier alpha value is -0.770. The first kappa shape index (κ1) is 14.6. The van der Waals surface area contributed by atoms with Crippen LogP contribution in [-0.2, 0) is 10.3 Å². The van der Waals surface area contributed by atoms with Gasteiger partial charge in [-0.1, -0.05) is 25.4 Å². The summed E-state index contributed by atoms with van der Waals surface area (Å²) in [5, 5.41) is 11.6. The van der Waals surface area contributed by atoms with Gasteiger partial charge in [-0.15, -0.1) is 0 Å². The van der Waals surface area contributed by atoms with Gasteiger partial charge in [-0.05, 0) is 24.1 Å². The molecule has 0 aromatic heterocycles. The summed E-state index contributed by atoms with van der Waals surface area (Å²) in [6.07, 6.45) is 1.19. The molecule has 0 radical (unpaired) electrons. The van der Waals surface area contributed by atoms with Gasteiger partial charge in [0.15, 0.2) is 0 Å². The fourth-order valence-electron chi connectivity index (χ4n) is 2.59. The number of ether oxygens (including phenoxy) is 2. The number of hydrogen-bond acceptors (Lipinski definition) is 3. The van der Waals surface area contributed by atoms with Gasteiger partial charge in [0.2, 0.25) is 0 Å². The minimum atomic E-state index is -0.927. The van der Waals surface area contributed by atoms with Gasteiger partial charge in [-0.25, -0.2) is 0 Å². The lowest BCUT2D eigenvalue weighted by atomic mass is 9.80. The molecule has 1 aromatic carbocycles. The van der Waals surface area contributed by atoms with Gasteiger partial charge in [-0.2, -0.15) is 0 Å². The fraction of sp³-hybridized carbons (Fsp3) is 0.600. The van der Waals surface area contributed by atoms with Crippen LogP contribution in [0.1, 0.15) is 32.3 Å². The van der Waals surface area contributed by atoms with Crippen LogP contribution in [-0.4, -0.2) is 24.9 Å². The Kier molecular flexibility index (Phi) is 4.39. The maximum absolute atomic E-state index is 11.0. The normalized spacial score (nSPS) is 27.6. The zero-order valence-corrected chi connectivity index (χ0v) is 12.4. The van der Waals surface area contributed by atoms with Crippen molar-refractivity contribution in [3.8, 4) is 5.75 Å². The zero-order chi connectivity index (χ0) is 14.0. The molecular formula is C15H21ClO3. The van der Waals surface area contributed by atoms with Gasteiger partial charge in [0.25, 0.3) is 0 Å². The number of methoxy groups -OCH3 is 1. The fourth-order valence-corrected chi connectivity index (χ4v) is 2.76. The molecule has 1 aliphatic rings. The Morgan fingerprint density at radius 2 is 2.21 bits per heavy atom. The van der Waals surface area contributed by atoms with E-state index in [0.29, 0.717) is 36.1 Å². The van der Waals surface area contributed by atoms with E-state index in [-0.39, 0.29) is 6.10 Å². The highest BCUT2D eigenvalue weighted by Crippen LogP contribution is 2.41. The smallest absolute Gasteiger partial charge is 0.125 e. The van der Waals surface area contributed by atoms with Crippen molar-refractivity contribution in [2.24, 2.45) is 5.92 Å². The van der Waals surface area contributed by atoms with Crippen LogP contribution >= 0.6 is 11.6 Å². The molecule has 2 atom stereocenters. The van der Waals surface area contributed by atoms with Crippen molar-refractivity contribution < 1.29 is 14.6 Å². The van der Waals surface area contributed by atoms with Gasteiger partial charge in [0, 0.05) is 23.4 Å². The average molecular weight is 285 g/mol. The third-order valence-corrected chi connectivity index (χ3v) is 4.03. The quantitative estimate of drug-likeness (QED) is 0.925. The van der Waals surface area contributed by atoms with E-state index < -0.39 is 5.60 Å². The van der Waals surface area contributed by atoms with Crippen LogP contribution in [0.5, 0.6) is 5.75 Å². The van der Waals surface area contributed by atoms with E-state index in [1.807, 2.05) is 0 Å². The summed E-state index contributed by atoms with van der Waals surface area (Å²) in [5.74, 6) is 1.05. The molecule has 1 heterocycles. The first-order chi connectivity index (χ1) is 8.96. The Balaban J connectivity index is 2.35. The molecule has 3 nitrogen and oxygen atoms in total. The largest absolute Gasteiger partial charge is 0.496 e. The molecule has 0 spiro atoms. The summed E-state index contributed by atoms with van der Waals surface area (Å²) in [6.45, 7) is 4.76. The third-order valence-electron chi connectivity index (χ3n) is 3.79. The van der Waals surface area contributed by atoms with Crippen LogP contribution in [0.2, 0.25) is 5.02 Å². The Labute approximate surface area is 119 Å². The van der Waals surface area contributed by atoms with Crippen molar-refractivity contribution in [2.75, 3.05) is 13.7 Å². The summed E-state index contributed by atoms with van der Waals surface area (Å²) < 4.78 is 11.1. The molecule has 2 unspecified atom stereocenters. The molecule has 4 heteroatoms. The van der Waals surface area contributed by atoms with Crippen molar-refractivity contribution in [2.45, 2.75) is 38.4 Å². The van der Waals surface area contributed by atoms with E-state index in [1.54, 1.807) is 25.3 Å². The van der Waals surface area contributed by atoms with Gasteiger partial charge >= 0.3 is 0 Å². The second-order valence-corrected chi connectivity index (χ2v) is 5.92. The van der Waals surface area contributed by atoms with Gasteiger partial charge in [0.1, 0.15) is 5.75 Å². The third kappa shape index (κ3) is 3.04. The lowest BCUT2D eigenvalue weighted by molar-refractivity contribution is -0.122. The van der Waals surface area contributed by atoms with Crippen molar-refractivity contribution >= 4 is 11.6 Å². The molecule has 1 aromatic rings. The topological polar surface area (TPSA) is 38.7 Å². The Morgan fingerprint density at radius 3 is 2.84 bits per heavy atom. The van der Waals surface area contributed by atoms with Crippen LogP contribution in [0, 0.1) is 5.92 Å². The monoisotopic (exact) mass is 284 g/mol. The van der Waals surface area contributed by atoms with Crippen molar-refractivity contribution in [1.29, 1.82) is 0 Å². The molecule has 0 aliphatic carbocycles. The number of rotatable bonds is 3. The first-order valence-corrected chi connectivity index (χ1v) is 7.02. The maximum Gasteiger partial charge on any atom is 0.125 e. The maximum atomic E-state index is 11.0. The van der Waals surface area contributed by atoms with Crippen molar-refractivity contribution in [1.82, 2.24) is 0 Å². The minimum Gasteiger partial charge on any atom is -0.496 e. The van der Waals surface area contributed by atoms with E-state index in [2.05, 4.69) is 13.8 Å². The highest BCUT2D eigenvalue weighted by molar-refractivity contribution is 6.30. The Morgan fingerprint density at radius 1 is 1.47 bits per heavy atom. The van der Waals surface area contributed by atoms with Gasteiger partial charge < -0.3 is 14.6 Å². The van der Waals surface area contributed by atoms with Crippen LogP contribution < -0.4 is 4.74 Å². The molecule has 1 aliphatic heterocycles. The first-order valence-electron chi connectivity index (χ1n) is 6.64. The minimum absolute atomic E-state index is 0.0578. The summed E-state index contributed by atoms with van der Waals surface area (Å²) >= 11 is 6.06. The van der Waals surface area contributed by atoms with Crippen molar-refractivity contribution in [3.05, 3.63) is 28.8 Å². The molecule has 106 valence electrons. The van der Waals surface area contributed by atoms with Crippen LogP contribution in [0.25, 0.3) is 0 Å². The second-order valence-electron chi connectivity index (χ2n) is 5.48. The highest BCUT2D eigenvalue weighted by atomic mass is 35.5. The molecule has 19 heavy (non-hydrogen) atoms. The van der Waals surface area contributed by atoms with E-state index in [0.717, 1.165) is 5.56 Å². The number of benzene rings is 1. The predicted molar refractivity (Wildman–Crippen MR) is 75.7 cm³/mol. The van der Waals surface area contributed by atoms with Crippen LogP contribution in [0.4, 0.5) is 0 Å². The average Bonchev–Trinajstić information content (AvgIpc) is 2.38. The van der Waals surface area contributed by atoms with Crippen LogP contribution in [0.3, 0.4) is 0 Å². The van der Waals surface area contributed by atoms with E-state index in [1.165, 1.54) is 0 Å². The Bertz CT molecular complexity index is 447. The zero-order valence-electron chi connectivity index (χ0n) is 11.6. The SMILES string of the molecule is COc1ccc(Cl)cc1C1(O)CCOC(C(C)C)C1. The molecule has 0 bridgehead atoms.